The first-order valence-corrected chi connectivity index (χ1v) is 5.65. The van der Waals surface area contributed by atoms with Crippen molar-refractivity contribution in [1.82, 2.24) is 0 Å². The summed E-state index contributed by atoms with van der Waals surface area (Å²) in [5.41, 5.74) is 0. The van der Waals surface area contributed by atoms with E-state index in [4.69, 9.17) is 5.11 Å². The Hall–Kier alpha value is -0.130. The number of hydrogen-bond acceptors (Lipinski definition) is 3. The van der Waals surface area contributed by atoms with E-state index < -0.39 is 10.0 Å². The number of aliphatic hydroxyl groups is 1. The molecule has 0 aliphatic rings. The highest BCUT2D eigenvalue weighted by atomic mass is 32.2. The lowest BCUT2D eigenvalue weighted by Crippen LogP contribution is -2.47. The topological polar surface area (TPSA) is 54.4 Å². The number of nitrogens with zero attached hydrogens (tertiary/aromatic N) is 1. The van der Waals surface area contributed by atoms with Gasteiger partial charge in [0.1, 0.15) is 0 Å². The van der Waals surface area contributed by atoms with Gasteiger partial charge in [-0.1, -0.05) is 0 Å². The average molecular weight is 196 g/mol. The van der Waals surface area contributed by atoms with Crippen molar-refractivity contribution >= 4 is 10.0 Å². The van der Waals surface area contributed by atoms with Crippen molar-refractivity contribution in [2.24, 2.45) is 0 Å². The van der Waals surface area contributed by atoms with E-state index in [0.717, 1.165) is 0 Å². The van der Waals surface area contributed by atoms with Crippen LogP contribution in [0, 0.1) is 0 Å². The van der Waals surface area contributed by atoms with Crippen LogP contribution < -0.4 is 0 Å². The standard InChI is InChI=1S/C7H18NO3S/c1-4-12(10,11)8(2,3)6-5-7-9/h9H,4-7H2,1-3H3/q+1. The van der Waals surface area contributed by atoms with Crippen LogP contribution in [0.4, 0.5) is 0 Å². The lowest BCUT2D eigenvalue weighted by atomic mass is 10.4. The summed E-state index contributed by atoms with van der Waals surface area (Å²) in [6.07, 6.45) is 0.520. The first kappa shape index (κ1) is 11.9. The summed E-state index contributed by atoms with van der Waals surface area (Å²) in [5.74, 6) is 0.144. The number of aliphatic hydroxyl groups excluding tert-OH is 1. The molecule has 0 atom stereocenters. The van der Waals surface area contributed by atoms with E-state index >= 15 is 0 Å². The van der Waals surface area contributed by atoms with Crippen LogP contribution in [0.1, 0.15) is 13.3 Å². The Labute approximate surface area is 74.5 Å². The highest BCUT2D eigenvalue weighted by Crippen LogP contribution is 2.09. The maximum atomic E-state index is 11.4. The van der Waals surface area contributed by atoms with Crippen LogP contribution in [0.25, 0.3) is 0 Å². The monoisotopic (exact) mass is 196 g/mol. The van der Waals surface area contributed by atoms with Gasteiger partial charge in [-0.3, -0.25) is 0 Å². The summed E-state index contributed by atoms with van der Waals surface area (Å²) in [6.45, 7) is 2.14. The number of rotatable bonds is 5. The Morgan fingerprint density at radius 3 is 2.17 bits per heavy atom. The minimum atomic E-state index is -3.04. The van der Waals surface area contributed by atoms with Gasteiger partial charge >= 0.3 is 0 Å². The maximum Gasteiger partial charge on any atom is 0.296 e. The summed E-state index contributed by atoms with van der Waals surface area (Å²) in [6, 6.07) is 0. The van der Waals surface area contributed by atoms with Gasteiger partial charge in [-0.15, -0.1) is 0 Å². The Morgan fingerprint density at radius 2 is 1.83 bits per heavy atom. The van der Waals surface area contributed by atoms with Gasteiger partial charge in [-0.05, 0) is 6.92 Å². The molecule has 1 N–H and O–H groups in total. The molecule has 0 bridgehead atoms. The molecule has 0 amide bonds. The minimum Gasteiger partial charge on any atom is -0.396 e. The molecular weight excluding hydrogens is 178 g/mol. The lowest BCUT2D eigenvalue weighted by Gasteiger charge is -2.27. The van der Waals surface area contributed by atoms with Gasteiger partial charge in [0.2, 0.25) is 0 Å². The van der Waals surface area contributed by atoms with Crippen molar-refractivity contribution in [2.45, 2.75) is 13.3 Å². The van der Waals surface area contributed by atoms with Crippen molar-refractivity contribution in [1.29, 1.82) is 0 Å². The van der Waals surface area contributed by atoms with E-state index in [9.17, 15) is 8.42 Å². The van der Waals surface area contributed by atoms with E-state index in [1.165, 1.54) is 0 Å². The van der Waals surface area contributed by atoms with Crippen LogP contribution in [-0.2, 0) is 10.0 Å². The summed E-state index contributed by atoms with van der Waals surface area (Å²) in [5, 5.41) is 8.56. The first-order valence-electron chi connectivity index (χ1n) is 4.04. The molecular formula is C7H18NO3S+. The molecule has 0 heterocycles. The van der Waals surface area contributed by atoms with Crippen molar-refractivity contribution in [3.8, 4) is 0 Å². The highest BCUT2D eigenvalue weighted by Gasteiger charge is 2.29. The number of hydrogen-bond donors (Lipinski definition) is 1. The number of quaternary nitrogens is 1. The quantitative estimate of drug-likeness (QED) is 0.619. The second-order valence-electron chi connectivity index (χ2n) is 3.25. The predicted molar refractivity (Wildman–Crippen MR) is 48.1 cm³/mol. The van der Waals surface area contributed by atoms with Gasteiger partial charge in [0.05, 0.1) is 26.4 Å². The van der Waals surface area contributed by atoms with E-state index in [0.29, 0.717) is 13.0 Å². The zero-order valence-corrected chi connectivity index (χ0v) is 8.76. The second kappa shape index (κ2) is 4.20. The second-order valence-corrected chi connectivity index (χ2v) is 5.97. The molecule has 0 unspecified atom stereocenters. The normalized spacial score (nSPS) is 13.3. The molecule has 12 heavy (non-hydrogen) atoms. The molecule has 0 aromatic rings. The van der Waals surface area contributed by atoms with Crippen LogP contribution in [0.2, 0.25) is 0 Å². The fraction of sp³-hybridized carbons (Fsp3) is 1.00. The van der Waals surface area contributed by atoms with Crippen molar-refractivity contribution in [3.63, 3.8) is 0 Å². The van der Waals surface area contributed by atoms with E-state index in [-0.39, 0.29) is 16.2 Å². The largest absolute Gasteiger partial charge is 0.396 e. The molecule has 0 aromatic carbocycles. The minimum absolute atomic E-state index is 0.0376. The van der Waals surface area contributed by atoms with Crippen LogP contribution in [0.3, 0.4) is 0 Å². The van der Waals surface area contributed by atoms with Crippen molar-refractivity contribution < 1.29 is 17.4 Å². The molecule has 0 radical (unpaired) electrons. The van der Waals surface area contributed by atoms with Crippen LogP contribution >= 0.6 is 0 Å². The molecule has 0 spiro atoms. The van der Waals surface area contributed by atoms with Gasteiger partial charge < -0.3 is 5.11 Å². The zero-order valence-electron chi connectivity index (χ0n) is 7.95. The Morgan fingerprint density at radius 1 is 1.33 bits per heavy atom. The molecule has 74 valence electrons. The average Bonchev–Trinajstić information content (AvgIpc) is 2.00. The van der Waals surface area contributed by atoms with E-state index in [1.54, 1.807) is 21.0 Å². The molecule has 0 rings (SSSR count). The van der Waals surface area contributed by atoms with Crippen LogP contribution in [0.15, 0.2) is 0 Å². The summed E-state index contributed by atoms with van der Waals surface area (Å²) < 4.78 is 22.8. The summed E-state index contributed by atoms with van der Waals surface area (Å²) in [4.78, 5) is 0. The van der Waals surface area contributed by atoms with Crippen LogP contribution in [-0.4, -0.2) is 50.4 Å². The first-order chi connectivity index (χ1) is 5.37. The predicted octanol–water partition coefficient (Wildman–Crippen LogP) is -0.205. The summed E-state index contributed by atoms with van der Waals surface area (Å²) in [7, 11) is 0.251. The van der Waals surface area contributed by atoms with Gasteiger partial charge in [0.15, 0.2) is 0 Å². The van der Waals surface area contributed by atoms with Gasteiger partial charge in [-0.25, -0.2) is 3.89 Å². The zero-order chi connectivity index (χ0) is 9.83. The van der Waals surface area contributed by atoms with Crippen molar-refractivity contribution in [2.75, 3.05) is 33.0 Å². The Kier molecular flexibility index (Phi) is 4.16. The fourth-order valence-electron chi connectivity index (χ4n) is 0.940. The van der Waals surface area contributed by atoms with Gasteiger partial charge in [-0.2, -0.15) is 8.42 Å². The van der Waals surface area contributed by atoms with E-state index in [1.807, 2.05) is 0 Å². The third-order valence-corrected chi connectivity index (χ3v) is 4.39. The third-order valence-electron chi connectivity index (χ3n) is 1.97. The maximum absolute atomic E-state index is 11.4. The SMILES string of the molecule is CCS(=O)(=O)[N+](C)(C)CCCO. The molecule has 0 fully saturated rings. The number of sulfonamides is 1. The molecule has 0 aliphatic carbocycles. The molecule has 0 aromatic heterocycles. The van der Waals surface area contributed by atoms with Gasteiger partial charge in [0.25, 0.3) is 10.0 Å². The Bertz CT molecular complexity index is 221. The van der Waals surface area contributed by atoms with Gasteiger partial charge in [0, 0.05) is 13.0 Å². The van der Waals surface area contributed by atoms with E-state index in [2.05, 4.69) is 0 Å². The Balaban J connectivity index is 4.39. The lowest BCUT2D eigenvalue weighted by molar-refractivity contribution is -0.762. The van der Waals surface area contributed by atoms with Crippen LogP contribution in [0.5, 0.6) is 0 Å². The van der Waals surface area contributed by atoms with Crippen molar-refractivity contribution in [3.05, 3.63) is 0 Å². The molecule has 4 nitrogen and oxygen atoms in total. The smallest absolute Gasteiger partial charge is 0.296 e. The molecule has 0 saturated carbocycles. The highest BCUT2D eigenvalue weighted by molar-refractivity contribution is 7.85. The molecule has 0 saturated heterocycles. The molecule has 5 heteroatoms. The molecule has 0 aliphatic heterocycles. The fourth-order valence-corrected chi connectivity index (χ4v) is 2.05. The summed E-state index contributed by atoms with van der Waals surface area (Å²) >= 11 is 0. The third kappa shape index (κ3) is 2.73.